The van der Waals surface area contributed by atoms with E-state index in [4.69, 9.17) is 4.74 Å². The van der Waals surface area contributed by atoms with Crippen molar-refractivity contribution in [2.24, 2.45) is 0 Å². The van der Waals surface area contributed by atoms with Crippen LogP contribution in [0.3, 0.4) is 0 Å². The second kappa shape index (κ2) is 6.60. The first kappa shape index (κ1) is 13.1. The van der Waals surface area contributed by atoms with Gasteiger partial charge in [0.25, 0.3) is 0 Å². The van der Waals surface area contributed by atoms with Gasteiger partial charge in [0.2, 0.25) is 0 Å². The Bertz CT molecular complexity index is 371. The number of hydrogen-bond acceptors (Lipinski definition) is 3. The van der Waals surface area contributed by atoms with Gasteiger partial charge in [0.05, 0.1) is 13.2 Å². The van der Waals surface area contributed by atoms with Gasteiger partial charge in [-0.25, -0.2) is 4.39 Å². The zero-order chi connectivity index (χ0) is 12.0. The van der Waals surface area contributed by atoms with Gasteiger partial charge in [-0.05, 0) is 19.1 Å². The average molecular weight is 290 g/mol. The molecule has 0 unspecified atom stereocenters. The van der Waals surface area contributed by atoms with E-state index in [0.29, 0.717) is 23.2 Å². The van der Waals surface area contributed by atoms with E-state index in [1.165, 1.54) is 6.07 Å². The molecule has 0 aliphatic carbocycles. The lowest BCUT2D eigenvalue weighted by molar-refractivity contribution is -0.142. The molecule has 0 aliphatic heterocycles. The van der Waals surface area contributed by atoms with Crippen molar-refractivity contribution in [2.75, 3.05) is 13.2 Å². The second-order valence-corrected chi connectivity index (χ2v) is 4.06. The fourth-order valence-electron chi connectivity index (χ4n) is 1.18. The molecule has 0 aliphatic rings. The Labute approximate surface area is 102 Å². The van der Waals surface area contributed by atoms with E-state index in [9.17, 15) is 9.18 Å². The molecule has 1 aromatic carbocycles. The van der Waals surface area contributed by atoms with Gasteiger partial charge >= 0.3 is 5.97 Å². The highest BCUT2D eigenvalue weighted by atomic mass is 79.9. The number of carbonyl (C=O) groups excluding carboxylic acids is 1. The molecule has 0 radical (unpaired) electrons. The summed E-state index contributed by atoms with van der Waals surface area (Å²) in [6.07, 6.45) is 0. The number of benzene rings is 1. The Kier molecular flexibility index (Phi) is 5.42. The predicted octanol–water partition coefficient (Wildman–Crippen LogP) is 2.24. The minimum Gasteiger partial charge on any atom is -0.465 e. The van der Waals surface area contributed by atoms with Gasteiger partial charge in [-0.15, -0.1) is 0 Å². The third-order valence-electron chi connectivity index (χ3n) is 1.91. The van der Waals surface area contributed by atoms with Crippen molar-refractivity contribution in [1.82, 2.24) is 5.32 Å². The minimum absolute atomic E-state index is 0.0867. The van der Waals surface area contributed by atoms with Crippen LogP contribution in [0.1, 0.15) is 12.5 Å². The number of nitrogens with one attached hydrogen (secondary N) is 1. The topological polar surface area (TPSA) is 38.3 Å². The Hall–Kier alpha value is -0.940. The summed E-state index contributed by atoms with van der Waals surface area (Å²) in [5, 5.41) is 2.82. The SMILES string of the molecule is CCOC(=O)CNCc1ccc(Br)cc1F. The molecule has 0 atom stereocenters. The smallest absolute Gasteiger partial charge is 0.319 e. The van der Waals surface area contributed by atoms with Crippen LogP contribution in [0.2, 0.25) is 0 Å². The summed E-state index contributed by atoms with van der Waals surface area (Å²) < 4.78 is 18.8. The fraction of sp³-hybridized carbons (Fsp3) is 0.364. The number of hydrogen-bond donors (Lipinski definition) is 1. The van der Waals surface area contributed by atoms with Crippen LogP contribution in [-0.2, 0) is 16.1 Å². The molecule has 3 nitrogen and oxygen atoms in total. The molecule has 0 aromatic heterocycles. The van der Waals surface area contributed by atoms with Crippen LogP contribution in [0.4, 0.5) is 4.39 Å². The highest BCUT2D eigenvalue weighted by molar-refractivity contribution is 9.10. The summed E-state index contributed by atoms with van der Waals surface area (Å²) in [5.74, 6) is -0.634. The molecule has 88 valence electrons. The Balaban J connectivity index is 2.40. The van der Waals surface area contributed by atoms with Crippen LogP contribution < -0.4 is 5.32 Å². The van der Waals surface area contributed by atoms with E-state index in [-0.39, 0.29) is 18.3 Å². The van der Waals surface area contributed by atoms with Gasteiger partial charge in [-0.2, -0.15) is 0 Å². The van der Waals surface area contributed by atoms with Crippen molar-refractivity contribution >= 4 is 21.9 Å². The zero-order valence-electron chi connectivity index (χ0n) is 8.93. The Morgan fingerprint density at radius 2 is 2.31 bits per heavy atom. The molecule has 0 spiro atoms. The second-order valence-electron chi connectivity index (χ2n) is 3.14. The molecule has 0 saturated carbocycles. The first-order valence-corrected chi connectivity index (χ1v) is 5.73. The van der Waals surface area contributed by atoms with E-state index in [0.717, 1.165) is 0 Å². The number of rotatable bonds is 5. The standard InChI is InChI=1S/C11H13BrFNO2/c1-2-16-11(15)7-14-6-8-3-4-9(12)5-10(8)13/h3-5,14H,2,6-7H2,1H3. The van der Waals surface area contributed by atoms with Gasteiger partial charge in [0, 0.05) is 16.6 Å². The van der Waals surface area contributed by atoms with Crippen molar-refractivity contribution in [2.45, 2.75) is 13.5 Å². The van der Waals surface area contributed by atoms with Gasteiger partial charge in [-0.3, -0.25) is 4.79 Å². The maximum absolute atomic E-state index is 13.3. The number of esters is 1. The number of carbonyl (C=O) groups is 1. The molecule has 0 heterocycles. The Morgan fingerprint density at radius 1 is 1.56 bits per heavy atom. The largest absolute Gasteiger partial charge is 0.465 e. The minimum atomic E-state index is -0.333. The average Bonchev–Trinajstić information content (AvgIpc) is 2.22. The third-order valence-corrected chi connectivity index (χ3v) is 2.40. The molecule has 0 saturated heterocycles. The van der Waals surface area contributed by atoms with Gasteiger partial charge in [0.15, 0.2) is 0 Å². The summed E-state index contributed by atoms with van der Waals surface area (Å²) in [7, 11) is 0. The summed E-state index contributed by atoms with van der Waals surface area (Å²) in [4.78, 5) is 11.0. The summed E-state index contributed by atoms with van der Waals surface area (Å²) >= 11 is 3.17. The number of ether oxygens (including phenoxy) is 1. The molecular formula is C11H13BrFNO2. The maximum Gasteiger partial charge on any atom is 0.319 e. The van der Waals surface area contributed by atoms with Crippen molar-refractivity contribution < 1.29 is 13.9 Å². The highest BCUT2D eigenvalue weighted by Gasteiger charge is 2.04. The fourth-order valence-corrected chi connectivity index (χ4v) is 1.51. The van der Waals surface area contributed by atoms with E-state index < -0.39 is 0 Å². The van der Waals surface area contributed by atoms with Gasteiger partial charge in [-0.1, -0.05) is 22.0 Å². The summed E-state index contributed by atoms with van der Waals surface area (Å²) in [6.45, 7) is 2.49. The van der Waals surface area contributed by atoms with E-state index in [1.54, 1.807) is 19.1 Å². The van der Waals surface area contributed by atoms with Crippen LogP contribution in [0, 0.1) is 5.82 Å². The van der Waals surface area contributed by atoms with Crippen LogP contribution in [0.5, 0.6) is 0 Å². The summed E-state index contributed by atoms with van der Waals surface area (Å²) in [5.41, 5.74) is 0.521. The molecule has 1 N–H and O–H groups in total. The highest BCUT2D eigenvalue weighted by Crippen LogP contribution is 2.14. The lowest BCUT2D eigenvalue weighted by Crippen LogP contribution is -2.24. The normalized spacial score (nSPS) is 10.2. The maximum atomic E-state index is 13.3. The molecule has 0 amide bonds. The van der Waals surface area contributed by atoms with Gasteiger partial charge < -0.3 is 10.1 Å². The third kappa shape index (κ3) is 4.28. The molecule has 0 fully saturated rings. The van der Waals surface area contributed by atoms with E-state index >= 15 is 0 Å². The van der Waals surface area contributed by atoms with E-state index in [2.05, 4.69) is 21.2 Å². The van der Waals surface area contributed by atoms with E-state index in [1.807, 2.05) is 0 Å². The van der Waals surface area contributed by atoms with Crippen molar-refractivity contribution in [3.63, 3.8) is 0 Å². The Morgan fingerprint density at radius 3 is 2.94 bits per heavy atom. The number of halogens is 2. The van der Waals surface area contributed by atoms with Crippen molar-refractivity contribution in [3.8, 4) is 0 Å². The first-order valence-electron chi connectivity index (χ1n) is 4.93. The quantitative estimate of drug-likeness (QED) is 0.845. The summed E-state index contributed by atoms with van der Waals surface area (Å²) in [6, 6.07) is 4.81. The molecule has 5 heteroatoms. The molecule has 16 heavy (non-hydrogen) atoms. The first-order chi connectivity index (χ1) is 7.63. The van der Waals surface area contributed by atoms with Crippen LogP contribution in [0.25, 0.3) is 0 Å². The molecule has 0 bridgehead atoms. The van der Waals surface area contributed by atoms with Crippen LogP contribution in [-0.4, -0.2) is 19.1 Å². The lowest BCUT2D eigenvalue weighted by atomic mass is 10.2. The zero-order valence-corrected chi connectivity index (χ0v) is 10.5. The molecular weight excluding hydrogens is 277 g/mol. The molecule has 1 aromatic rings. The monoisotopic (exact) mass is 289 g/mol. The van der Waals surface area contributed by atoms with Crippen LogP contribution in [0.15, 0.2) is 22.7 Å². The lowest BCUT2D eigenvalue weighted by Gasteiger charge is -2.06. The van der Waals surface area contributed by atoms with Crippen molar-refractivity contribution in [1.29, 1.82) is 0 Å². The predicted molar refractivity (Wildman–Crippen MR) is 62.4 cm³/mol. The molecule has 1 rings (SSSR count). The van der Waals surface area contributed by atoms with Crippen molar-refractivity contribution in [3.05, 3.63) is 34.1 Å². The van der Waals surface area contributed by atoms with Gasteiger partial charge in [0.1, 0.15) is 5.82 Å². The van der Waals surface area contributed by atoms with Crippen LogP contribution >= 0.6 is 15.9 Å².